The van der Waals surface area contributed by atoms with E-state index in [0.29, 0.717) is 6.04 Å². The first-order valence-electron chi connectivity index (χ1n) is 7.52. The van der Waals surface area contributed by atoms with E-state index < -0.39 is 0 Å². The van der Waals surface area contributed by atoms with Crippen molar-refractivity contribution in [2.45, 2.75) is 38.8 Å². The lowest BCUT2D eigenvalue weighted by molar-refractivity contribution is -0.119. The molecule has 0 bridgehead atoms. The van der Waals surface area contributed by atoms with E-state index in [9.17, 15) is 4.79 Å². The maximum atomic E-state index is 11.1. The fraction of sp³-hybridized carbons (Fsp3) is 0.438. The molecule has 0 radical (unpaired) electrons. The van der Waals surface area contributed by atoms with E-state index in [1.807, 2.05) is 19.1 Å². The SMILES string of the molecule is CC(=O)NC(C)c1ccc(C2=NNC(=NC3CC3)SC2)cc1. The molecule has 2 N–H and O–H groups in total. The van der Waals surface area contributed by atoms with Crippen LogP contribution in [0, 0.1) is 0 Å². The molecule has 1 aromatic rings. The maximum absolute atomic E-state index is 11.1. The van der Waals surface area contributed by atoms with E-state index in [-0.39, 0.29) is 11.9 Å². The molecule has 1 amide bonds. The van der Waals surface area contributed by atoms with Crippen LogP contribution in [0.15, 0.2) is 34.4 Å². The number of hydrazone groups is 1. The predicted octanol–water partition coefficient (Wildman–Crippen LogP) is 2.44. The number of nitrogens with one attached hydrogen (secondary N) is 2. The van der Waals surface area contributed by atoms with Crippen molar-refractivity contribution in [1.82, 2.24) is 10.7 Å². The molecule has 1 atom stereocenters. The van der Waals surface area contributed by atoms with Crippen LogP contribution in [-0.2, 0) is 4.79 Å². The third-order valence-electron chi connectivity index (χ3n) is 3.64. The Kier molecular flexibility index (Phi) is 4.47. The number of aliphatic imine (C=N–C) groups is 1. The van der Waals surface area contributed by atoms with Crippen molar-refractivity contribution in [1.29, 1.82) is 0 Å². The molecule has 1 heterocycles. The minimum absolute atomic E-state index is 0.0173. The number of hydrogen-bond acceptors (Lipinski definition) is 4. The summed E-state index contributed by atoms with van der Waals surface area (Å²) in [6, 6.07) is 8.72. The largest absolute Gasteiger partial charge is 0.350 e. The molecule has 2 aliphatic rings. The van der Waals surface area contributed by atoms with Gasteiger partial charge in [-0.2, -0.15) is 5.10 Å². The van der Waals surface area contributed by atoms with Crippen molar-refractivity contribution in [3.05, 3.63) is 35.4 Å². The van der Waals surface area contributed by atoms with Crippen LogP contribution in [0.4, 0.5) is 0 Å². The minimum atomic E-state index is -0.0173. The van der Waals surface area contributed by atoms with Gasteiger partial charge in [0.15, 0.2) is 5.17 Å². The van der Waals surface area contributed by atoms with Gasteiger partial charge < -0.3 is 5.32 Å². The molecule has 1 aliphatic heterocycles. The summed E-state index contributed by atoms with van der Waals surface area (Å²) in [5.41, 5.74) is 6.26. The first kappa shape index (κ1) is 15.1. The summed E-state index contributed by atoms with van der Waals surface area (Å²) in [5.74, 6) is 0.815. The summed E-state index contributed by atoms with van der Waals surface area (Å²) in [6.07, 6.45) is 2.41. The van der Waals surface area contributed by atoms with Gasteiger partial charge in [-0.15, -0.1) is 0 Å². The quantitative estimate of drug-likeness (QED) is 0.896. The van der Waals surface area contributed by atoms with E-state index in [2.05, 4.69) is 33.0 Å². The van der Waals surface area contributed by atoms with Crippen LogP contribution >= 0.6 is 11.8 Å². The lowest BCUT2D eigenvalue weighted by Gasteiger charge is -2.16. The summed E-state index contributed by atoms with van der Waals surface area (Å²) in [4.78, 5) is 15.7. The van der Waals surface area contributed by atoms with Crippen molar-refractivity contribution in [2.24, 2.45) is 10.1 Å². The summed E-state index contributed by atoms with van der Waals surface area (Å²) in [6.45, 7) is 3.51. The highest BCUT2D eigenvalue weighted by Gasteiger charge is 2.22. The van der Waals surface area contributed by atoms with Gasteiger partial charge in [0.05, 0.1) is 17.8 Å². The smallest absolute Gasteiger partial charge is 0.217 e. The molecule has 0 saturated heterocycles. The molecule has 1 unspecified atom stereocenters. The Bertz CT molecular complexity index is 620. The summed E-state index contributed by atoms with van der Waals surface area (Å²) in [5, 5.41) is 8.25. The second-order valence-corrected chi connectivity index (χ2v) is 6.63. The Hall–Kier alpha value is -1.82. The van der Waals surface area contributed by atoms with E-state index in [1.54, 1.807) is 11.8 Å². The Morgan fingerprint density at radius 2 is 2.14 bits per heavy atom. The first-order chi connectivity index (χ1) is 10.6. The van der Waals surface area contributed by atoms with E-state index in [4.69, 9.17) is 0 Å². The standard InChI is InChI=1S/C16H20N4OS/c1-10(17-11(2)21)12-3-5-13(6-4-12)15-9-22-16(20-19-15)18-14-7-8-14/h3-6,10,14H,7-9H2,1-2H3,(H,17,21)(H,18,20). The topological polar surface area (TPSA) is 65.8 Å². The van der Waals surface area contributed by atoms with Gasteiger partial charge in [0.25, 0.3) is 0 Å². The van der Waals surface area contributed by atoms with Gasteiger partial charge in [-0.3, -0.25) is 15.2 Å². The van der Waals surface area contributed by atoms with Crippen LogP contribution in [0.2, 0.25) is 0 Å². The van der Waals surface area contributed by atoms with Gasteiger partial charge in [0, 0.05) is 12.7 Å². The number of hydrogen-bond donors (Lipinski definition) is 2. The zero-order chi connectivity index (χ0) is 15.5. The minimum Gasteiger partial charge on any atom is -0.350 e. The predicted molar refractivity (Wildman–Crippen MR) is 91.3 cm³/mol. The lowest BCUT2D eigenvalue weighted by atomic mass is 10.0. The van der Waals surface area contributed by atoms with E-state index in [0.717, 1.165) is 27.8 Å². The van der Waals surface area contributed by atoms with Crippen molar-refractivity contribution in [3.63, 3.8) is 0 Å². The third kappa shape index (κ3) is 3.88. The fourth-order valence-corrected chi connectivity index (χ4v) is 3.09. The van der Waals surface area contributed by atoms with Crippen molar-refractivity contribution in [2.75, 3.05) is 5.75 Å². The molecule has 0 spiro atoms. The Balaban J connectivity index is 1.65. The zero-order valence-electron chi connectivity index (χ0n) is 12.8. The second kappa shape index (κ2) is 6.52. The molecule has 22 heavy (non-hydrogen) atoms. The molecule has 6 heteroatoms. The molecular formula is C16H20N4OS. The highest BCUT2D eigenvalue weighted by molar-refractivity contribution is 8.14. The number of nitrogens with zero attached hydrogens (tertiary/aromatic N) is 2. The van der Waals surface area contributed by atoms with Gasteiger partial charge in [0.1, 0.15) is 0 Å². The molecule has 0 aromatic heterocycles. The fourth-order valence-electron chi connectivity index (χ4n) is 2.25. The van der Waals surface area contributed by atoms with Gasteiger partial charge in [-0.25, -0.2) is 0 Å². The number of carbonyl (C=O) groups is 1. The molecule has 5 nitrogen and oxygen atoms in total. The Morgan fingerprint density at radius 3 is 2.68 bits per heavy atom. The number of benzene rings is 1. The number of amidine groups is 1. The molecule has 1 aromatic carbocycles. The summed E-state index contributed by atoms with van der Waals surface area (Å²) < 4.78 is 0. The van der Waals surface area contributed by atoms with Crippen LogP contribution in [0.1, 0.15) is 43.9 Å². The number of rotatable bonds is 4. The van der Waals surface area contributed by atoms with Crippen LogP contribution in [-0.4, -0.2) is 28.6 Å². The second-order valence-electron chi connectivity index (χ2n) is 5.67. The molecule has 116 valence electrons. The van der Waals surface area contributed by atoms with E-state index in [1.165, 1.54) is 19.8 Å². The van der Waals surface area contributed by atoms with Gasteiger partial charge >= 0.3 is 0 Å². The number of amides is 1. The average Bonchev–Trinajstić information content (AvgIpc) is 3.31. The van der Waals surface area contributed by atoms with Gasteiger partial charge in [-0.05, 0) is 30.9 Å². The highest BCUT2D eigenvalue weighted by atomic mass is 32.2. The maximum Gasteiger partial charge on any atom is 0.217 e. The average molecular weight is 316 g/mol. The van der Waals surface area contributed by atoms with Crippen LogP contribution in [0.3, 0.4) is 0 Å². The van der Waals surface area contributed by atoms with Gasteiger partial charge in [-0.1, -0.05) is 36.0 Å². The van der Waals surface area contributed by atoms with Crippen LogP contribution in [0.25, 0.3) is 0 Å². The van der Waals surface area contributed by atoms with Crippen LogP contribution in [0.5, 0.6) is 0 Å². The molecule has 3 rings (SSSR count). The first-order valence-corrected chi connectivity index (χ1v) is 8.51. The normalized spacial score (nSPS) is 21.0. The van der Waals surface area contributed by atoms with E-state index >= 15 is 0 Å². The molecule has 1 saturated carbocycles. The number of thioether (sulfide) groups is 1. The molecule has 1 aliphatic carbocycles. The van der Waals surface area contributed by atoms with Crippen molar-refractivity contribution < 1.29 is 4.79 Å². The lowest BCUT2D eigenvalue weighted by Crippen LogP contribution is -2.26. The summed E-state index contributed by atoms with van der Waals surface area (Å²) in [7, 11) is 0. The molecule has 1 fully saturated rings. The third-order valence-corrected chi connectivity index (χ3v) is 4.53. The highest BCUT2D eigenvalue weighted by Crippen LogP contribution is 2.25. The van der Waals surface area contributed by atoms with Crippen molar-refractivity contribution in [3.8, 4) is 0 Å². The zero-order valence-corrected chi connectivity index (χ0v) is 13.6. The van der Waals surface area contributed by atoms with Gasteiger partial charge in [0.2, 0.25) is 5.91 Å². The van der Waals surface area contributed by atoms with Crippen molar-refractivity contribution >= 4 is 28.5 Å². The monoisotopic (exact) mass is 316 g/mol. The number of carbonyl (C=O) groups excluding carboxylic acids is 1. The Labute approximate surface area is 134 Å². The Morgan fingerprint density at radius 1 is 1.41 bits per heavy atom. The molecular weight excluding hydrogens is 296 g/mol. The summed E-state index contributed by atoms with van der Waals surface area (Å²) >= 11 is 1.70. The van der Waals surface area contributed by atoms with Crippen LogP contribution < -0.4 is 10.7 Å².